The smallest absolute Gasteiger partial charge is 0.251 e. The molecule has 5 rings (SSSR count). The first kappa shape index (κ1) is 22.1. The molecule has 0 spiro atoms. The lowest BCUT2D eigenvalue weighted by Gasteiger charge is -2.28. The number of hydrogen-bond acceptors (Lipinski definition) is 4. The zero-order valence-corrected chi connectivity index (χ0v) is 18.7. The molecule has 34 heavy (non-hydrogen) atoms. The molecular weight excluding hydrogens is 440 g/mol. The lowest BCUT2D eigenvalue weighted by Crippen LogP contribution is -2.31. The van der Waals surface area contributed by atoms with E-state index in [4.69, 9.17) is 5.10 Å². The fraction of sp³-hybridized carbons (Fsp3) is 0.320. The predicted molar refractivity (Wildman–Crippen MR) is 123 cm³/mol. The van der Waals surface area contributed by atoms with Gasteiger partial charge in [-0.2, -0.15) is 10.2 Å². The second kappa shape index (κ2) is 8.89. The molecule has 1 aliphatic carbocycles. The minimum Gasteiger partial charge on any atom is -0.503 e. The molecule has 1 amide bonds. The third kappa shape index (κ3) is 4.25. The largest absolute Gasteiger partial charge is 0.503 e. The number of phenolic OH excluding ortho intramolecular Hbond substituents is 1. The molecule has 9 heteroatoms. The average molecular weight is 466 g/mol. The number of aromatic hydroxyl groups is 1. The monoisotopic (exact) mass is 465 g/mol. The summed E-state index contributed by atoms with van der Waals surface area (Å²) in [7, 11) is 1.92. The van der Waals surface area contributed by atoms with Crippen LogP contribution < -0.4 is 5.32 Å². The summed E-state index contributed by atoms with van der Waals surface area (Å²) in [6, 6.07) is 10.2. The quantitative estimate of drug-likeness (QED) is 0.452. The van der Waals surface area contributed by atoms with Crippen molar-refractivity contribution in [1.29, 1.82) is 0 Å². The van der Waals surface area contributed by atoms with Crippen molar-refractivity contribution in [2.75, 3.05) is 6.54 Å². The summed E-state index contributed by atoms with van der Waals surface area (Å²) in [6.45, 7) is 0.435. The third-order valence-electron chi connectivity index (χ3n) is 6.66. The lowest BCUT2D eigenvalue weighted by molar-refractivity contribution is 0.0940. The summed E-state index contributed by atoms with van der Waals surface area (Å²) < 4.78 is 30.9. The van der Waals surface area contributed by atoms with Gasteiger partial charge in [0.15, 0.2) is 17.4 Å². The van der Waals surface area contributed by atoms with Crippen LogP contribution in [-0.4, -0.2) is 37.1 Å². The molecule has 0 atom stereocenters. The van der Waals surface area contributed by atoms with Crippen LogP contribution in [0.15, 0.2) is 48.8 Å². The second-order valence-corrected chi connectivity index (χ2v) is 8.90. The normalized spacial score (nSPS) is 18.3. The van der Waals surface area contributed by atoms with Gasteiger partial charge in [0, 0.05) is 42.5 Å². The first-order chi connectivity index (χ1) is 16.4. The summed E-state index contributed by atoms with van der Waals surface area (Å²) >= 11 is 0. The van der Waals surface area contributed by atoms with Crippen LogP contribution in [0.5, 0.6) is 5.75 Å². The van der Waals surface area contributed by atoms with Crippen LogP contribution >= 0.6 is 0 Å². The predicted octanol–water partition coefficient (Wildman–Crippen LogP) is 4.58. The Bertz CT molecular complexity index is 1330. The Hall–Kier alpha value is -3.75. The fourth-order valence-corrected chi connectivity index (χ4v) is 4.69. The molecule has 2 aromatic heterocycles. The SMILES string of the molecule is Cn1nccc1-c1ccc2cn(C3CCC(CNC(=O)c4cc(F)c(O)c(F)c4)CC3)nc2c1. The Kier molecular flexibility index (Phi) is 5.77. The minimum absolute atomic E-state index is 0.143. The summed E-state index contributed by atoms with van der Waals surface area (Å²) in [5, 5.41) is 22.1. The van der Waals surface area contributed by atoms with E-state index in [1.165, 1.54) is 0 Å². The molecule has 0 saturated heterocycles. The molecule has 1 aliphatic rings. The summed E-state index contributed by atoms with van der Waals surface area (Å²) in [5.74, 6) is -3.64. The van der Waals surface area contributed by atoms with Gasteiger partial charge in [0.1, 0.15) is 0 Å². The van der Waals surface area contributed by atoms with Crippen molar-refractivity contribution in [3.05, 3.63) is 66.0 Å². The summed E-state index contributed by atoms with van der Waals surface area (Å²) in [5.41, 5.74) is 2.92. The van der Waals surface area contributed by atoms with E-state index in [-0.39, 0.29) is 11.5 Å². The zero-order chi connectivity index (χ0) is 23.8. The molecule has 1 saturated carbocycles. The number of rotatable bonds is 5. The van der Waals surface area contributed by atoms with Crippen LogP contribution in [0.4, 0.5) is 8.78 Å². The van der Waals surface area contributed by atoms with Crippen molar-refractivity contribution in [2.45, 2.75) is 31.7 Å². The molecule has 7 nitrogen and oxygen atoms in total. The first-order valence-corrected chi connectivity index (χ1v) is 11.3. The van der Waals surface area contributed by atoms with E-state index >= 15 is 0 Å². The Labute approximate surface area is 195 Å². The van der Waals surface area contributed by atoms with Crippen molar-refractivity contribution in [2.24, 2.45) is 13.0 Å². The van der Waals surface area contributed by atoms with Gasteiger partial charge in [-0.15, -0.1) is 0 Å². The van der Waals surface area contributed by atoms with E-state index in [1.54, 1.807) is 6.20 Å². The van der Waals surface area contributed by atoms with Crippen molar-refractivity contribution in [3.8, 4) is 17.0 Å². The van der Waals surface area contributed by atoms with Gasteiger partial charge in [0.05, 0.1) is 17.3 Å². The molecule has 1 fully saturated rings. The standard InChI is InChI=1S/C25H25F2N5O2/c1-31-23(8-9-29-31)16-4-5-17-14-32(30-22(17)12-16)19-6-2-15(3-7-19)13-28-25(34)18-10-20(26)24(33)21(27)11-18/h4-5,8-12,14-15,19,33H,2-3,6-7,13H2,1H3,(H,28,34). The number of phenols is 1. The van der Waals surface area contributed by atoms with Crippen LogP contribution in [0.25, 0.3) is 22.2 Å². The Balaban J connectivity index is 1.19. The number of fused-ring (bicyclic) bond motifs is 1. The molecule has 0 aliphatic heterocycles. The number of amides is 1. The van der Waals surface area contributed by atoms with Gasteiger partial charge in [-0.05, 0) is 55.9 Å². The molecule has 2 N–H and O–H groups in total. The van der Waals surface area contributed by atoms with Gasteiger partial charge in [0.25, 0.3) is 5.91 Å². The lowest BCUT2D eigenvalue weighted by atomic mass is 9.86. The van der Waals surface area contributed by atoms with Crippen LogP contribution in [0.1, 0.15) is 42.1 Å². The average Bonchev–Trinajstić information content (AvgIpc) is 3.46. The molecule has 0 bridgehead atoms. The first-order valence-electron chi connectivity index (χ1n) is 11.3. The van der Waals surface area contributed by atoms with E-state index in [9.17, 15) is 18.7 Å². The molecule has 2 heterocycles. The van der Waals surface area contributed by atoms with Crippen molar-refractivity contribution >= 4 is 16.8 Å². The third-order valence-corrected chi connectivity index (χ3v) is 6.66. The number of hydrogen-bond donors (Lipinski definition) is 2. The van der Waals surface area contributed by atoms with Gasteiger partial charge in [-0.25, -0.2) is 8.78 Å². The van der Waals surface area contributed by atoms with E-state index in [0.29, 0.717) is 12.6 Å². The number of carbonyl (C=O) groups is 1. The molecule has 2 aromatic carbocycles. The zero-order valence-electron chi connectivity index (χ0n) is 18.7. The highest BCUT2D eigenvalue weighted by Gasteiger charge is 2.24. The number of aromatic nitrogens is 4. The van der Waals surface area contributed by atoms with Crippen LogP contribution in [0.3, 0.4) is 0 Å². The van der Waals surface area contributed by atoms with E-state index in [1.807, 2.05) is 17.8 Å². The highest BCUT2D eigenvalue weighted by molar-refractivity contribution is 5.94. The fourth-order valence-electron chi connectivity index (χ4n) is 4.69. The van der Waals surface area contributed by atoms with E-state index < -0.39 is 23.3 Å². The molecular formula is C25H25F2N5O2. The minimum atomic E-state index is -1.15. The van der Waals surface area contributed by atoms with Crippen molar-refractivity contribution < 1.29 is 18.7 Å². The van der Waals surface area contributed by atoms with E-state index in [2.05, 4.69) is 39.5 Å². The van der Waals surface area contributed by atoms with Gasteiger partial charge in [0.2, 0.25) is 0 Å². The Morgan fingerprint density at radius 1 is 1.12 bits per heavy atom. The maximum absolute atomic E-state index is 13.5. The molecule has 0 radical (unpaired) electrons. The topological polar surface area (TPSA) is 85.0 Å². The van der Waals surface area contributed by atoms with Crippen LogP contribution in [0.2, 0.25) is 0 Å². The summed E-state index contributed by atoms with van der Waals surface area (Å²) in [4.78, 5) is 12.3. The molecule has 176 valence electrons. The van der Waals surface area contributed by atoms with Gasteiger partial charge in [-0.1, -0.05) is 12.1 Å². The number of aryl methyl sites for hydroxylation is 1. The summed E-state index contributed by atoms with van der Waals surface area (Å²) in [6.07, 6.45) is 7.57. The maximum atomic E-state index is 13.5. The number of halogens is 2. The Morgan fingerprint density at radius 3 is 2.53 bits per heavy atom. The van der Waals surface area contributed by atoms with Crippen LogP contribution in [0, 0.1) is 17.6 Å². The highest BCUT2D eigenvalue weighted by atomic mass is 19.1. The number of benzene rings is 2. The molecule has 4 aromatic rings. The van der Waals surface area contributed by atoms with Crippen molar-refractivity contribution in [1.82, 2.24) is 24.9 Å². The van der Waals surface area contributed by atoms with E-state index in [0.717, 1.165) is 60.0 Å². The van der Waals surface area contributed by atoms with Gasteiger partial charge >= 0.3 is 0 Å². The molecule has 0 unspecified atom stereocenters. The Morgan fingerprint density at radius 2 is 1.85 bits per heavy atom. The number of nitrogens with zero attached hydrogens (tertiary/aromatic N) is 4. The van der Waals surface area contributed by atoms with Gasteiger partial charge in [-0.3, -0.25) is 14.2 Å². The van der Waals surface area contributed by atoms with Crippen LogP contribution in [-0.2, 0) is 7.05 Å². The number of nitrogens with one attached hydrogen (secondary N) is 1. The van der Waals surface area contributed by atoms with Gasteiger partial charge < -0.3 is 10.4 Å². The highest BCUT2D eigenvalue weighted by Crippen LogP contribution is 2.33. The number of carbonyl (C=O) groups excluding carboxylic acids is 1. The maximum Gasteiger partial charge on any atom is 0.251 e. The van der Waals surface area contributed by atoms with Crippen molar-refractivity contribution in [3.63, 3.8) is 0 Å². The second-order valence-electron chi connectivity index (χ2n) is 8.90.